The largest absolute Gasteiger partial charge is 0.507 e. The lowest BCUT2D eigenvalue weighted by molar-refractivity contribution is 0.263. The molecule has 2 rings (SSSR count). The minimum Gasteiger partial charge on any atom is -0.507 e. The number of aliphatic hydroxyl groups excluding tert-OH is 3. The van der Waals surface area contributed by atoms with E-state index in [1.165, 1.54) is 6.07 Å². The summed E-state index contributed by atoms with van der Waals surface area (Å²) >= 11 is 0. The Hall–Kier alpha value is -2.28. The fraction of sp³-hybridized carbons (Fsp3) is 0.333. The molecule has 0 aliphatic heterocycles. The molecule has 0 spiro atoms. The van der Waals surface area contributed by atoms with Gasteiger partial charge < -0.3 is 30.6 Å². The van der Waals surface area contributed by atoms with Crippen LogP contribution in [0.25, 0.3) is 0 Å². The third-order valence-corrected chi connectivity index (χ3v) is 4.39. The zero-order valence-electron chi connectivity index (χ0n) is 13.6. The second-order valence-corrected chi connectivity index (χ2v) is 6.25. The number of hydrogen-bond acceptors (Lipinski definition) is 6. The zero-order valence-corrected chi connectivity index (χ0v) is 13.6. The van der Waals surface area contributed by atoms with Crippen LogP contribution in [0.15, 0.2) is 24.3 Å². The molecule has 0 bridgehead atoms. The molecule has 2 aromatic rings. The van der Waals surface area contributed by atoms with Gasteiger partial charge in [-0.15, -0.1) is 0 Å². The van der Waals surface area contributed by atoms with Gasteiger partial charge in [0.15, 0.2) is 11.5 Å². The highest BCUT2D eigenvalue weighted by Gasteiger charge is 2.27. The predicted octanol–water partition coefficient (Wildman–Crippen LogP) is 1.61. The van der Waals surface area contributed by atoms with Crippen LogP contribution in [0.2, 0.25) is 0 Å². The fourth-order valence-electron chi connectivity index (χ4n) is 2.69. The quantitative estimate of drug-likeness (QED) is 0.462. The fourth-order valence-corrected chi connectivity index (χ4v) is 2.69. The number of aromatic hydroxyl groups is 3. The van der Waals surface area contributed by atoms with Gasteiger partial charge in [-0.25, -0.2) is 0 Å². The molecule has 0 heterocycles. The van der Waals surface area contributed by atoms with Gasteiger partial charge in [0.05, 0.1) is 19.8 Å². The first-order valence-corrected chi connectivity index (χ1v) is 7.49. The van der Waals surface area contributed by atoms with E-state index in [-0.39, 0.29) is 47.2 Å². The standard InChI is InChI=1S/C18H22O6/c1-18(2,14-5-12(9-21)17(24)15(22)6-14)13-3-10(7-19)16(23)11(4-13)8-20/h3-6,19-24H,7-9H2,1-2H3. The Labute approximate surface area is 139 Å². The Morgan fingerprint density at radius 2 is 1.04 bits per heavy atom. The second-order valence-electron chi connectivity index (χ2n) is 6.25. The Balaban J connectivity index is 2.64. The highest BCUT2D eigenvalue weighted by molar-refractivity contribution is 5.53. The van der Waals surface area contributed by atoms with E-state index in [1.807, 2.05) is 13.8 Å². The van der Waals surface area contributed by atoms with E-state index in [0.29, 0.717) is 11.1 Å². The van der Waals surface area contributed by atoms with Crippen molar-refractivity contribution in [2.75, 3.05) is 0 Å². The van der Waals surface area contributed by atoms with Gasteiger partial charge in [-0.05, 0) is 35.4 Å². The molecule has 0 fully saturated rings. The van der Waals surface area contributed by atoms with E-state index >= 15 is 0 Å². The maximum absolute atomic E-state index is 9.99. The number of phenols is 3. The van der Waals surface area contributed by atoms with Crippen molar-refractivity contribution in [1.82, 2.24) is 0 Å². The summed E-state index contributed by atoms with van der Waals surface area (Å²) in [7, 11) is 0. The van der Waals surface area contributed by atoms with Gasteiger partial charge >= 0.3 is 0 Å². The molecule has 24 heavy (non-hydrogen) atoms. The first kappa shape index (κ1) is 18.1. The third kappa shape index (κ3) is 3.03. The summed E-state index contributed by atoms with van der Waals surface area (Å²) in [6.45, 7) is 2.52. The number of rotatable bonds is 5. The lowest BCUT2D eigenvalue weighted by Crippen LogP contribution is -2.20. The van der Waals surface area contributed by atoms with Crippen molar-refractivity contribution >= 4 is 0 Å². The predicted molar refractivity (Wildman–Crippen MR) is 87.8 cm³/mol. The van der Waals surface area contributed by atoms with E-state index < -0.39 is 12.0 Å². The number of aliphatic hydroxyl groups is 3. The first-order valence-electron chi connectivity index (χ1n) is 7.49. The van der Waals surface area contributed by atoms with Crippen molar-refractivity contribution in [1.29, 1.82) is 0 Å². The highest BCUT2D eigenvalue weighted by atomic mass is 16.3. The van der Waals surface area contributed by atoms with Crippen molar-refractivity contribution in [3.8, 4) is 17.2 Å². The second kappa shape index (κ2) is 6.68. The van der Waals surface area contributed by atoms with Crippen LogP contribution in [0.1, 0.15) is 41.7 Å². The van der Waals surface area contributed by atoms with Crippen molar-refractivity contribution in [2.24, 2.45) is 0 Å². The molecule has 0 saturated heterocycles. The SMILES string of the molecule is CC(C)(c1cc(O)c(O)c(CO)c1)c1cc(CO)c(O)c(CO)c1. The third-order valence-electron chi connectivity index (χ3n) is 4.39. The molecule has 0 aliphatic rings. The van der Waals surface area contributed by atoms with E-state index in [9.17, 15) is 30.6 Å². The van der Waals surface area contributed by atoms with E-state index in [0.717, 1.165) is 0 Å². The van der Waals surface area contributed by atoms with Crippen molar-refractivity contribution in [2.45, 2.75) is 39.1 Å². The van der Waals surface area contributed by atoms with Gasteiger partial charge in [0.25, 0.3) is 0 Å². The van der Waals surface area contributed by atoms with Crippen LogP contribution >= 0.6 is 0 Å². The molecule has 0 unspecified atom stereocenters. The van der Waals surface area contributed by atoms with Crippen molar-refractivity contribution < 1.29 is 30.6 Å². The summed E-state index contributed by atoms with van der Waals surface area (Å²) in [6, 6.07) is 6.23. The van der Waals surface area contributed by atoms with Gasteiger partial charge in [0, 0.05) is 22.1 Å². The molecule has 6 nitrogen and oxygen atoms in total. The molecule has 0 aliphatic carbocycles. The summed E-state index contributed by atoms with van der Waals surface area (Å²) in [5, 5.41) is 57.8. The Morgan fingerprint density at radius 1 is 0.667 bits per heavy atom. The minimum atomic E-state index is -0.684. The smallest absolute Gasteiger partial charge is 0.163 e. The van der Waals surface area contributed by atoms with Crippen LogP contribution in [0, 0.1) is 0 Å². The summed E-state index contributed by atoms with van der Waals surface area (Å²) in [6.07, 6.45) is 0. The topological polar surface area (TPSA) is 121 Å². The van der Waals surface area contributed by atoms with E-state index in [2.05, 4.69) is 0 Å². The molecule has 0 amide bonds. The molecule has 130 valence electrons. The number of hydrogen-bond donors (Lipinski definition) is 6. The molecule has 0 saturated carbocycles. The summed E-state index contributed by atoms with van der Waals surface area (Å²) in [5.41, 5.74) is 1.41. The van der Waals surface area contributed by atoms with Crippen LogP contribution in [-0.2, 0) is 25.2 Å². The first-order chi connectivity index (χ1) is 11.3. The maximum Gasteiger partial charge on any atom is 0.163 e. The zero-order chi connectivity index (χ0) is 18.1. The molecule has 6 N–H and O–H groups in total. The lowest BCUT2D eigenvalue weighted by Gasteiger charge is -2.28. The van der Waals surface area contributed by atoms with Crippen LogP contribution in [0.3, 0.4) is 0 Å². The van der Waals surface area contributed by atoms with E-state index in [1.54, 1.807) is 18.2 Å². The van der Waals surface area contributed by atoms with Crippen LogP contribution in [0.5, 0.6) is 17.2 Å². The van der Waals surface area contributed by atoms with Crippen molar-refractivity contribution in [3.63, 3.8) is 0 Å². The number of benzene rings is 2. The molecular formula is C18H22O6. The average Bonchev–Trinajstić information content (AvgIpc) is 2.57. The summed E-state index contributed by atoms with van der Waals surface area (Å²) in [5.74, 6) is -0.854. The summed E-state index contributed by atoms with van der Waals surface area (Å²) in [4.78, 5) is 0. The lowest BCUT2D eigenvalue weighted by atomic mass is 9.76. The van der Waals surface area contributed by atoms with Crippen molar-refractivity contribution in [3.05, 3.63) is 52.1 Å². The highest BCUT2D eigenvalue weighted by Crippen LogP contribution is 2.40. The molecule has 0 radical (unpaired) electrons. The van der Waals surface area contributed by atoms with Gasteiger partial charge in [0.2, 0.25) is 0 Å². The monoisotopic (exact) mass is 334 g/mol. The normalized spacial score (nSPS) is 11.7. The summed E-state index contributed by atoms with van der Waals surface area (Å²) < 4.78 is 0. The van der Waals surface area contributed by atoms with E-state index in [4.69, 9.17) is 0 Å². The van der Waals surface area contributed by atoms with Gasteiger partial charge in [0.1, 0.15) is 5.75 Å². The molecule has 6 heteroatoms. The Morgan fingerprint density at radius 3 is 1.46 bits per heavy atom. The van der Waals surface area contributed by atoms with Crippen LogP contribution in [0.4, 0.5) is 0 Å². The van der Waals surface area contributed by atoms with Gasteiger partial charge in [-0.1, -0.05) is 13.8 Å². The van der Waals surface area contributed by atoms with Gasteiger partial charge in [-0.2, -0.15) is 0 Å². The molecule has 0 aromatic heterocycles. The Kier molecular flexibility index (Phi) is 5.03. The number of phenolic OH excluding ortho intramolecular Hbond substituents is 1. The van der Waals surface area contributed by atoms with Gasteiger partial charge in [-0.3, -0.25) is 0 Å². The molecule has 2 aromatic carbocycles. The molecule has 0 atom stereocenters. The van der Waals surface area contributed by atoms with Crippen LogP contribution in [-0.4, -0.2) is 30.6 Å². The maximum atomic E-state index is 9.99. The minimum absolute atomic E-state index is 0.149. The average molecular weight is 334 g/mol. The Bertz CT molecular complexity index is 726. The van der Waals surface area contributed by atoms with Crippen LogP contribution < -0.4 is 0 Å². The molecular weight excluding hydrogens is 312 g/mol.